The number of imidazole rings is 1. The third-order valence-electron chi connectivity index (χ3n) is 2.81. The zero-order chi connectivity index (χ0) is 11.1. The number of aryl methyl sites for hydroxylation is 2. The molecule has 0 aromatic carbocycles. The lowest BCUT2D eigenvalue weighted by molar-refractivity contribution is 0.522. The molecule has 15 heavy (non-hydrogen) atoms. The van der Waals surface area contributed by atoms with Crippen LogP contribution in [0.2, 0.25) is 0 Å². The molecule has 0 aliphatic heterocycles. The molecule has 0 aliphatic carbocycles. The minimum atomic E-state index is 0.399. The Balaban J connectivity index is 2.09. The third-order valence-corrected chi connectivity index (χ3v) is 2.81. The number of hydrogen-bond donors (Lipinski definition) is 1. The highest BCUT2D eigenvalue weighted by atomic mass is 15.0. The van der Waals surface area contributed by atoms with Crippen LogP contribution in [0.3, 0.4) is 0 Å². The summed E-state index contributed by atoms with van der Waals surface area (Å²) in [6.07, 6.45) is 10.8. The molecule has 3 nitrogen and oxygen atoms in total. The van der Waals surface area contributed by atoms with Crippen molar-refractivity contribution in [2.45, 2.75) is 51.5 Å². The SMILES string of the molecule is CCCC(N)CCCCc1nccn1C. The van der Waals surface area contributed by atoms with E-state index in [0.29, 0.717) is 6.04 Å². The van der Waals surface area contributed by atoms with Gasteiger partial charge in [-0.3, -0.25) is 0 Å². The summed E-state index contributed by atoms with van der Waals surface area (Å²) in [5.74, 6) is 1.18. The predicted molar refractivity (Wildman–Crippen MR) is 63.6 cm³/mol. The van der Waals surface area contributed by atoms with Crippen molar-refractivity contribution in [2.75, 3.05) is 0 Å². The van der Waals surface area contributed by atoms with Crippen LogP contribution < -0.4 is 5.73 Å². The monoisotopic (exact) mass is 209 g/mol. The number of nitrogens with two attached hydrogens (primary N) is 1. The Morgan fingerprint density at radius 3 is 2.80 bits per heavy atom. The highest BCUT2D eigenvalue weighted by molar-refractivity contribution is 4.90. The van der Waals surface area contributed by atoms with E-state index in [9.17, 15) is 0 Å². The third kappa shape index (κ3) is 4.47. The molecule has 86 valence electrons. The Bertz CT molecular complexity index is 268. The lowest BCUT2D eigenvalue weighted by atomic mass is 10.0. The molecule has 3 heteroatoms. The van der Waals surface area contributed by atoms with E-state index in [4.69, 9.17) is 5.73 Å². The molecular formula is C12H23N3. The molecule has 2 N–H and O–H groups in total. The van der Waals surface area contributed by atoms with Crippen molar-refractivity contribution >= 4 is 0 Å². The molecule has 0 saturated heterocycles. The Kier molecular flexibility index (Phi) is 5.40. The molecule has 0 saturated carbocycles. The van der Waals surface area contributed by atoms with E-state index in [1.807, 2.05) is 19.4 Å². The molecule has 1 unspecified atom stereocenters. The highest BCUT2D eigenvalue weighted by Gasteiger charge is 2.02. The quantitative estimate of drug-likeness (QED) is 0.700. The zero-order valence-corrected chi connectivity index (χ0v) is 9.95. The van der Waals surface area contributed by atoms with Crippen molar-refractivity contribution in [3.63, 3.8) is 0 Å². The van der Waals surface area contributed by atoms with Crippen LogP contribution in [-0.2, 0) is 13.5 Å². The smallest absolute Gasteiger partial charge is 0.108 e. The van der Waals surface area contributed by atoms with E-state index in [1.54, 1.807) is 0 Å². The first kappa shape index (κ1) is 12.2. The molecule has 1 heterocycles. The van der Waals surface area contributed by atoms with E-state index >= 15 is 0 Å². The molecule has 0 fully saturated rings. The van der Waals surface area contributed by atoms with Crippen LogP contribution in [0.4, 0.5) is 0 Å². The van der Waals surface area contributed by atoms with Gasteiger partial charge in [-0.25, -0.2) is 4.98 Å². The number of aromatic nitrogens is 2. The van der Waals surface area contributed by atoms with Crippen molar-refractivity contribution in [1.82, 2.24) is 9.55 Å². The molecule has 0 amide bonds. The van der Waals surface area contributed by atoms with Gasteiger partial charge >= 0.3 is 0 Å². The van der Waals surface area contributed by atoms with Gasteiger partial charge in [-0.1, -0.05) is 19.8 Å². The average molecular weight is 209 g/mol. The van der Waals surface area contributed by atoms with Gasteiger partial charge in [0.2, 0.25) is 0 Å². The molecule has 0 radical (unpaired) electrons. The molecule has 0 spiro atoms. The lowest BCUT2D eigenvalue weighted by Gasteiger charge is -2.09. The molecule has 0 aliphatic rings. The Morgan fingerprint density at radius 1 is 1.40 bits per heavy atom. The molecule has 0 bridgehead atoms. The van der Waals surface area contributed by atoms with E-state index in [-0.39, 0.29) is 0 Å². The van der Waals surface area contributed by atoms with Gasteiger partial charge in [0.1, 0.15) is 5.82 Å². The zero-order valence-electron chi connectivity index (χ0n) is 9.95. The minimum Gasteiger partial charge on any atom is -0.338 e. The van der Waals surface area contributed by atoms with Crippen LogP contribution in [0, 0.1) is 0 Å². The molecule has 1 rings (SSSR count). The fraction of sp³-hybridized carbons (Fsp3) is 0.750. The van der Waals surface area contributed by atoms with Crippen LogP contribution in [0.15, 0.2) is 12.4 Å². The van der Waals surface area contributed by atoms with Gasteiger partial charge in [0.15, 0.2) is 0 Å². The first-order valence-electron chi connectivity index (χ1n) is 5.95. The van der Waals surface area contributed by atoms with Crippen LogP contribution in [-0.4, -0.2) is 15.6 Å². The fourth-order valence-corrected chi connectivity index (χ4v) is 1.84. The van der Waals surface area contributed by atoms with Crippen molar-refractivity contribution < 1.29 is 0 Å². The summed E-state index contributed by atoms with van der Waals surface area (Å²) in [4.78, 5) is 4.30. The van der Waals surface area contributed by atoms with E-state index in [1.165, 1.54) is 25.1 Å². The van der Waals surface area contributed by atoms with E-state index in [2.05, 4.69) is 16.5 Å². The maximum atomic E-state index is 5.95. The second-order valence-electron chi connectivity index (χ2n) is 4.25. The van der Waals surface area contributed by atoms with Crippen LogP contribution in [0.1, 0.15) is 44.9 Å². The van der Waals surface area contributed by atoms with Gasteiger partial charge in [-0.2, -0.15) is 0 Å². The second-order valence-corrected chi connectivity index (χ2v) is 4.25. The second kappa shape index (κ2) is 6.62. The van der Waals surface area contributed by atoms with Crippen LogP contribution in [0.5, 0.6) is 0 Å². The standard InChI is InChI=1S/C12H23N3/c1-3-6-11(13)7-4-5-8-12-14-9-10-15(12)2/h9-11H,3-8,13H2,1-2H3. The maximum absolute atomic E-state index is 5.95. The molecular weight excluding hydrogens is 186 g/mol. The number of unbranched alkanes of at least 4 members (excludes halogenated alkanes) is 1. The number of nitrogens with zero attached hydrogens (tertiary/aromatic N) is 2. The number of hydrogen-bond acceptors (Lipinski definition) is 2. The molecule has 1 aromatic rings. The summed E-state index contributed by atoms with van der Waals surface area (Å²) in [6, 6.07) is 0.399. The summed E-state index contributed by atoms with van der Waals surface area (Å²) in [7, 11) is 2.05. The summed E-state index contributed by atoms with van der Waals surface area (Å²) >= 11 is 0. The van der Waals surface area contributed by atoms with Gasteiger partial charge in [0, 0.05) is 31.9 Å². The largest absolute Gasteiger partial charge is 0.338 e. The maximum Gasteiger partial charge on any atom is 0.108 e. The summed E-state index contributed by atoms with van der Waals surface area (Å²) < 4.78 is 2.09. The lowest BCUT2D eigenvalue weighted by Crippen LogP contribution is -2.19. The van der Waals surface area contributed by atoms with Gasteiger partial charge < -0.3 is 10.3 Å². The first-order chi connectivity index (χ1) is 7.24. The highest BCUT2D eigenvalue weighted by Crippen LogP contribution is 2.07. The Labute approximate surface area is 92.7 Å². The van der Waals surface area contributed by atoms with Crippen molar-refractivity contribution in [2.24, 2.45) is 12.8 Å². The Hall–Kier alpha value is -0.830. The normalized spacial score (nSPS) is 13.0. The Morgan fingerprint density at radius 2 is 2.20 bits per heavy atom. The van der Waals surface area contributed by atoms with Gasteiger partial charge in [0.05, 0.1) is 0 Å². The van der Waals surface area contributed by atoms with E-state index in [0.717, 1.165) is 19.3 Å². The molecule has 1 atom stereocenters. The number of rotatable bonds is 7. The first-order valence-corrected chi connectivity index (χ1v) is 5.95. The molecule has 1 aromatic heterocycles. The van der Waals surface area contributed by atoms with Gasteiger partial charge in [-0.15, -0.1) is 0 Å². The van der Waals surface area contributed by atoms with Crippen LogP contribution in [0.25, 0.3) is 0 Å². The topological polar surface area (TPSA) is 43.8 Å². The van der Waals surface area contributed by atoms with Crippen molar-refractivity contribution in [3.8, 4) is 0 Å². The predicted octanol–water partition coefficient (Wildman–Crippen LogP) is 2.26. The van der Waals surface area contributed by atoms with E-state index < -0.39 is 0 Å². The van der Waals surface area contributed by atoms with Crippen LogP contribution >= 0.6 is 0 Å². The summed E-state index contributed by atoms with van der Waals surface area (Å²) in [5, 5.41) is 0. The van der Waals surface area contributed by atoms with Crippen molar-refractivity contribution in [3.05, 3.63) is 18.2 Å². The summed E-state index contributed by atoms with van der Waals surface area (Å²) in [6.45, 7) is 2.19. The summed E-state index contributed by atoms with van der Waals surface area (Å²) in [5.41, 5.74) is 5.95. The van der Waals surface area contributed by atoms with Crippen molar-refractivity contribution in [1.29, 1.82) is 0 Å². The van der Waals surface area contributed by atoms with Gasteiger partial charge in [-0.05, 0) is 19.3 Å². The fourth-order valence-electron chi connectivity index (χ4n) is 1.84. The minimum absolute atomic E-state index is 0.399. The van der Waals surface area contributed by atoms with Gasteiger partial charge in [0.25, 0.3) is 0 Å². The average Bonchev–Trinajstić information content (AvgIpc) is 2.60.